The number of nitrogens with one attached hydrogen (secondary N) is 1. The number of rotatable bonds is 7. The Labute approximate surface area is 160 Å². The number of nitrogens with zero attached hydrogens (tertiary/aromatic N) is 1. The first kappa shape index (κ1) is 20.6. The van der Waals surface area contributed by atoms with Crippen LogP contribution in [0, 0.1) is 11.8 Å². The van der Waals surface area contributed by atoms with Gasteiger partial charge in [0, 0.05) is 24.5 Å². The van der Waals surface area contributed by atoms with E-state index in [1.807, 2.05) is 36.1 Å². The van der Waals surface area contributed by atoms with E-state index in [0.717, 1.165) is 30.0 Å². The van der Waals surface area contributed by atoms with Crippen molar-refractivity contribution in [3.8, 4) is 5.75 Å². The Hall–Kier alpha value is -1.69. The van der Waals surface area contributed by atoms with Gasteiger partial charge in [-0.05, 0) is 49.9 Å². The largest absolute Gasteiger partial charge is 0.497 e. The van der Waals surface area contributed by atoms with E-state index in [9.17, 15) is 9.59 Å². The molecule has 1 aliphatic rings. The van der Waals surface area contributed by atoms with Gasteiger partial charge in [-0.15, -0.1) is 11.8 Å². The SMILES string of the molecule is COc1ccc(S[C@@H](C)C(=O)N2CCC[C@@H](C(=O)NCC(C)C)C2)cc1. The van der Waals surface area contributed by atoms with Crippen LogP contribution in [0.5, 0.6) is 5.75 Å². The third kappa shape index (κ3) is 5.94. The second-order valence-electron chi connectivity index (χ2n) is 7.20. The monoisotopic (exact) mass is 378 g/mol. The van der Waals surface area contributed by atoms with E-state index in [4.69, 9.17) is 4.74 Å². The highest BCUT2D eigenvalue weighted by atomic mass is 32.2. The van der Waals surface area contributed by atoms with Crippen molar-refractivity contribution < 1.29 is 14.3 Å². The Kier molecular flexibility index (Phi) is 7.82. The van der Waals surface area contributed by atoms with Crippen LogP contribution in [0.25, 0.3) is 0 Å². The number of ether oxygens (including phenoxy) is 1. The Balaban J connectivity index is 1.89. The number of thioether (sulfide) groups is 1. The molecule has 26 heavy (non-hydrogen) atoms. The first-order valence-electron chi connectivity index (χ1n) is 9.28. The summed E-state index contributed by atoms with van der Waals surface area (Å²) in [6, 6.07) is 7.72. The summed E-state index contributed by atoms with van der Waals surface area (Å²) < 4.78 is 5.16. The molecule has 6 heteroatoms. The normalized spacial score (nSPS) is 18.5. The number of hydrogen-bond donors (Lipinski definition) is 1. The van der Waals surface area contributed by atoms with Gasteiger partial charge in [-0.25, -0.2) is 0 Å². The van der Waals surface area contributed by atoms with Gasteiger partial charge in [0.05, 0.1) is 18.3 Å². The first-order chi connectivity index (χ1) is 12.4. The van der Waals surface area contributed by atoms with E-state index in [2.05, 4.69) is 19.2 Å². The van der Waals surface area contributed by atoms with E-state index < -0.39 is 0 Å². The predicted octanol–water partition coefficient (Wildman–Crippen LogP) is 3.19. The molecule has 0 saturated carbocycles. The molecule has 1 aliphatic heterocycles. The fourth-order valence-electron chi connectivity index (χ4n) is 3.01. The van der Waals surface area contributed by atoms with Crippen molar-refractivity contribution in [1.82, 2.24) is 10.2 Å². The van der Waals surface area contributed by atoms with Crippen LogP contribution in [0.4, 0.5) is 0 Å². The molecule has 1 fully saturated rings. The molecule has 0 unspecified atom stereocenters. The van der Waals surface area contributed by atoms with E-state index >= 15 is 0 Å². The summed E-state index contributed by atoms with van der Waals surface area (Å²) in [5.41, 5.74) is 0. The molecular formula is C20H30N2O3S. The number of methoxy groups -OCH3 is 1. The molecule has 144 valence electrons. The predicted molar refractivity (Wildman–Crippen MR) is 105 cm³/mol. The number of benzene rings is 1. The number of likely N-dealkylation sites (tertiary alicyclic amines) is 1. The molecule has 5 nitrogen and oxygen atoms in total. The van der Waals surface area contributed by atoms with Crippen LogP contribution >= 0.6 is 11.8 Å². The summed E-state index contributed by atoms with van der Waals surface area (Å²) in [6.45, 7) is 8.04. The molecule has 2 rings (SSSR count). The van der Waals surface area contributed by atoms with E-state index in [0.29, 0.717) is 19.0 Å². The molecule has 0 bridgehead atoms. The Morgan fingerprint density at radius 1 is 1.27 bits per heavy atom. The van der Waals surface area contributed by atoms with Gasteiger partial charge in [-0.3, -0.25) is 9.59 Å². The van der Waals surface area contributed by atoms with Crippen LogP contribution in [0.15, 0.2) is 29.2 Å². The van der Waals surface area contributed by atoms with Crippen molar-refractivity contribution in [3.63, 3.8) is 0 Å². The van der Waals surface area contributed by atoms with Crippen molar-refractivity contribution in [2.75, 3.05) is 26.7 Å². The summed E-state index contributed by atoms with van der Waals surface area (Å²) >= 11 is 1.54. The average molecular weight is 379 g/mol. The van der Waals surface area contributed by atoms with Gasteiger partial charge in [-0.1, -0.05) is 13.8 Å². The Morgan fingerprint density at radius 2 is 1.96 bits per heavy atom. The van der Waals surface area contributed by atoms with Crippen LogP contribution in [0.2, 0.25) is 0 Å². The van der Waals surface area contributed by atoms with Gasteiger partial charge in [-0.2, -0.15) is 0 Å². The maximum absolute atomic E-state index is 12.8. The second kappa shape index (κ2) is 9.86. The Bertz CT molecular complexity index is 604. The summed E-state index contributed by atoms with van der Waals surface area (Å²) in [4.78, 5) is 28.0. The summed E-state index contributed by atoms with van der Waals surface area (Å²) in [5.74, 6) is 1.32. The molecule has 1 N–H and O–H groups in total. The highest BCUT2D eigenvalue weighted by Crippen LogP contribution is 2.28. The van der Waals surface area contributed by atoms with Gasteiger partial charge in [0.2, 0.25) is 11.8 Å². The van der Waals surface area contributed by atoms with Gasteiger partial charge in [0.15, 0.2) is 0 Å². The van der Waals surface area contributed by atoms with Crippen LogP contribution in [0.1, 0.15) is 33.6 Å². The molecular weight excluding hydrogens is 348 g/mol. The lowest BCUT2D eigenvalue weighted by Gasteiger charge is -2.33. The van der Waals surface area contributed by atoms with Crippen LogP contribution in [0.3, 0.4) is 0 Å². The van der Waals surface area contributed by atoms with Gasteiger partial charge in [0.1, 0.15) is 5.75 Å². The number of piperidine rings is 1. The Morgan fingerprint density at radius 3 is 2.58 bits per heavy atom. The van der Waals surface area contributed by atoms with Crippen molar-refractivity contribution >= 4 is 23.6 Å². The number of amides is 2. The number of carbonyl (C=O) groups is 2. The van der Waals surface area contributed by atoms with Gasteiger partial charge < -0.3 is 15.0 Å². The third-order valence-electron chi connectivity index (χ3n) is 4.51. The zero-order chi connectivity index (χ0) is 19.1. The number of carbonyl (C=O) groups excluding carboxylic acids is 2. The van der Waals surface area contributed by atoms with E-state index in [1.54, 1.807) is 18.9 Å². The molecule has 0 radical (unpaired) electrons. The molecule has 1 saturated heterocycles. The minimum atomic E-state index is -0.180. The summed E-state index contributed by atoms with van der Waals surface area (Å²) in [5, 5.41) is 2.82. The van der Waals surface area contributed by atoms with Crippen molar-refractivity contribution in [2.24, 2.45) is 11.8 Å². The van der Waals surface area contributed by atoms with Crippen LogP contribution in [-0.4, -0.2) is 48.7 Å². The quantitative estimate of drug-likeness (QED) is 0.741. The summed E-state index contributed by atoms with van der Waals surface area (Å²) in [6.07, 6.45) is 1.74. The van der Waals surface area contributed by atoms with Crippen molar-refractivity contribution in [3.05, 3.63) is 24.3 Å². The number of hydrogen-bond acceptors (Lipinski definition) is 4. The topological polar surface area (TPSA) is 58.6 Å². The molecule has 2 amide bonds. The van der Waals surface area contributed by atoms with Crippen molar-refractivity contribution in [1.29, 1.82) is 0 Å². The minimum Gasteiger partial charge on any atom is -0.497 e. The van der Waals surface area contributed by atoms with Crippen molar-refractivity contribution in [2.45, 2.75) is 43.8 Å². The molecule has 1 aromatic carbocycles. The van der Waals surface area contributed by atoms with Crippen LogP contribution < -0.4 is 10.1 Å². The summed E-state index contributed by atoms with van der Waals surface area (Å²) in [7, 11) is 1.64. The fourth-order valence-corrected chi connectivity index (χ4v) is 3.96. The van der Waals surface area contributed by atoms with Crippen LogP contribution in [-0.2, 0) is 9.59 Å². The molecule has 2 atom stereocenters. The lowest BCUT2D eigenvalue weighted by atomic mass is 9.96. The maximum Gasteiger partial charge on any atom is 0.235 e. The van der Waals surface area contributed by atoms with E-state index in [-0.39, 0.29) is 23.0 Å². The minimum absolute atomic E-state index is 0.0756. The van der Waals surface area contributed by atoms with Gasteiger partial charge in [0.25, 0.3) is 0 Å². The smallest absolute Gasteiger partial charge is 0.235 e. The van der Waals surface area contributed by atoms with E-state index in [1.165, 1.54) is 0 Å². The molecule has 1 heterocycles. The first-order valence-corrected chi connectivity index (χ1v) is 10.2. The van der Waals surface area contributed by atoms with Gasteiger partial charge >= 0.3 is 0 Å². The molecule has 0 aliphatic carbocycles. The highest BCUT2D eigenvalue weighted by Gasteiger charge is 2.30. The standard InChI is InChI=1S/C20H30N2O3S/c1-14(2)12-21-19(23)16-6-5-11-22(13-16)20(24)15(3)26-18-9-7-17(25-4)8-10-18/h7-10,14-16H,5-6,11-13H2,1-4H3,(H,21,23)/t15-,16+/m0/s1. The molecule has 1 aromatic rings. The average Bonchev–Trinajstić information content (AvgIpc) is 2.66. The molecule has 0 aromatic heterocycles. The molecule has 0 spiro atoms. The lowest BCUT2D eigenvalue weighted by Crippen LogP contribution is -2.47. The third-order valence-corrected chi connectivity index (χ3v) is 5.61. The zero-order valence-electron chi connectivity index (χ0n) is 16.2. The zero-order valence-corrected chi connectivity index (χ0v) is 17.0. The second-order valence-corrected chi connectivity index (χ2v) is 8.61. The highest BCUT2D eigenvalue weighted by molar-refractivity contribution is 8.00. The lowest BCUT2D eigenvalue weighted by molar-refractivity contribution is -0.135. The maximum atomic E-state index is 12.8. The fraction of sp³-hybridized carbons (Fsp3) is 0.600.